The van der Waals surface area contributed by atoms with Gasteiger partial charge >= 0.3 is 0 Å². The van der Waals surface area contributed by atoms with Gasteiger partial charge in [-0.1, -0.05) is 18.2 Å². The molecule has 23 heavy (non-hydrogen) atoms. The zero-order chi connectivity index (χ0) is 16.7. The van der Waals surface area contributed by atoms with Crippen LogP contribution in [0.2, 0.25) is 0 Å². The summed E-state index contributed by atoms with van der Waals surface area (Å²) in [6.07, 6.45) is 0.258. The zero-order valence-corrected chi connectivity index (χ0v) is 13.3. The Morgan fingerprint density at radius 3 is 2.78 bits per heavy atom. The molecule has 0 spiro atoms. The molecule has 0 bridgehead atoms. The lowest BCUT2D eigenvalue weighted by molar-refractivity contribution is -0.383. The van der Waals surface area contributed by atoms with E-state index < -0.39 is 4.92 Å². The van der Waals surface area contributed by atoms with Crippen LogP contribution in [0, 0.1) is 10.1 Å². The molecule has 0 aliphatic heterocycles. The predicted molar refractivity (Wildman–Crippen MR) is 90.1 cm³/mol. The van der Waals surface area contributed by atoms with Gasteiger partial charge < -0.3 is 10.1 Å². The van der Waals surface area contributed by atoms with Gasteiger partial charge in [-0.2, -0.15) is 0 Å². The van der Waals surface area contributed by atoms with Gasteiger partial charge in [0.15, 0.2) is 0 Å². The average Bonchev–Trinajstić information content (AvgIpc) is 2.55. The lowest BCUT2D eigenvalue weighted by Crippen LogP contribution is -2.13. The number of carbonyl (C=O) groups excluding carboxylic acids is 1. The molecule has 2 aromatic carbocycles. The standard InChI is InChI=1S/C16H16N2O4S/c1-22-12-5-4-6-13(11-12)23-10-9-16(19)17-14-7-2-3-8-15(14)18(20)21/h2-8,11H,9-10H2,1H3,(H,17,19). The Morgan fingerprint density at radius 2 is 2.04 bits per heavy atom. The summed E-state index contributed by atoms with van der Waals surface area (Å²) in [7, 11) is 1.60. The lowest BCUT2D eigenvalue weighted by Gasteiger charge is -2.06. The fourth-order valence-electron chi connectivity index (χ4n) is 1.90. The Balaban J connectivity index is 1.87. The van der Waals surface area contributed by atoms with Crippen LogP contribution in [0.5, 0.6) is 5.75 Å². The molecule has 6 nitrogen and oxygen atoms in total. The number of amides is 1. The van der Waals surface area contributed by atoms with E-state index in [4.69, 9.17) is 4.74 Å². The molecule has 0 aliphatic carbocycles. The minimum absolute atomic E-state index is 0.110. The zero-order valence-electron chi connectivity index (χ0n) is 12.5. The summed E-state index contributed by atoms with van der Waals surface area (Å²) in [5.74, 6) is 1.08. The van der Waals surface area contributed by atoms with Crippen LogP contribution in [0.3, 0.4) is 0 Å². The third-order valence-electron chi connectivity index (χ3n) is 3.01. The number of hydrogen-bond acceptors (Lipinski definition) is 5. The van der Waals surface area contributed by atoms with E-state index >= 15 is 0 Å². The van der Waals surface area contributed by atoms with Crippen molar-refractivity contribution in [3.05, 3.63) is 58.6 Å². The first kappa shape index (κ1) is 16.8. The van der Waals surface area contributed by atoms with Crippen molar-refractivity contribution >= 4 is 29.0 Å². The van der Waals surface area contributed by atoms with Gasteiger partial charge in [-0.25, -0.2) is 0 Å². The average molecular weight is 332 g/mol. The van der Waals surface area contributed by atoms with Crippen LogP contribution in [0.25, 0.3) is 0 Å². The van der Waals surface area contributed by atoms with Crippen LogP contribution in [-0.2, 0) is 4.79 Å². The number of benzene rings is 2. The van der Waals surface area contributed by atoms with Crippen LogP contribution >= 0.6 is 11.8 Å². The monoisotopic (exact) mass is 332 g/mol. The molecule has 0 unspecified atom stereocenters. The highest BCUT2D eigenvalue weighted by molar-refractivity contribution is 7.99. The fraction of sp³-hybridized carbons (Fsp3) is 0.188. The number of nitro benzene ring substituents is 1. The second-order valence-electron chi connectivity index (χ2n) is 4.60. The van der Waals surface area contributed by atoms with Crippen molar-refractivity contribution in [1.29, 1.82) is 0 Å². The third kappa shape index (κ3) is 5.00. The maximum Gasteiger partial charge on any atom is 0.292 e. The molecule has 2 rings (SSSR count). The van der Waals surface area contributed by atoms with Crippen LogP contribution < -0.4 is 10.1 Å². The van der Waals surface area contributed by atoms with Crippen LogP contribution in [-0.4, -0.2) is 23.7 Å². The number of nitrogens with one attached hydrogen (secondary N) is 1. The van der Waals surface area contributed by atoms with Gasteiger partial charge in [-0.15, -0.1) is 11.8 Å². The summed E-state index contributed by atoms with van der Waals surface area (Å²) >= 11 is 1.52. The summed E-state index contributed by atoms with van der Waals surface area (Å²) in [4.78, 5) is 23.3. The highest BCUT2D eigenvalue weighted by Gasteiger charge is 2.14. The molecule has 0 atom stereocenters. The maximum absolute atomic E-state index is 11.9. The van der Waals surface area contributed by atoms with Gasteiger partial charge in [0.1, 0.15) is 11.4 Å². The van der Waals surface area contributed by atoms with Crippen LogP contribution in [0.15, 0.2) is 53.4 Å². The molecule has 120 valence electrons. The molecule has 0 saturated carbocycles. The highest BCUT2D eigenvalue weighted by atomic mass is 32.2. The topological polar surface area (TPSA) is 81.5 Å². The Labute approximate surface area is 138 Å². The summed E-state index contributed by atoms with van der Waals surface area (Å²) in [5, 5.41) is 13.5. The van der Waals surface area contributed by atoms with E-state index in [9.17, 15) is 14.9 Å². The van der Waals surface area contributed by atoms with Crippen molar-refractivity contribution in [2.45, 2.75) is 11.3 Å². The number of rotatable bonds is 7. The lowest BCUT2D eigenvalue weighted by atomic mass is 10.2. The van der Waals surface area contributed by atoms with Gasteiger partial charge in [0, 0.05) is 23.1 Å². The first-order valence-electron chi connectivity index (χ1n) is 6.90. The number of ether oxygens (including phenoxy) is 1. The molecule has 0 aliphatic rings. The predicted octanol–water partition coefficient (Wildman–Crippen LogP) is 3.72. The van der Waals surface area contributed by atoms with Crippen molar-refractivity contribution in [2.75, 3.05) is 18.2 Å². The maximum atomic E-state index is 11.9. The molecule has 7 heteroatoms. The highest BCUT2D eigenvalue weighted by Crippen LogP contribution is 2.25. The molecule has 0 saturated heterocycles. The van der Waals surface area contributed by atoms with Crippen molar-refractivity contribution in [3.63, 3.8) is 0 Å². The first-order valence-corrected chi connectivity index (χ1v) is 7.89. The number of thioether (sulfide) groups is 1. The Morgan fingerprint density at radius 1 is 1.26 bits per heavy atom. The third-order valence-corrected chi connectivity index (χ3v) is 4.01. The van der Waals surface area contributed by atoms with Crippen LogP contribution in [0.1, 0.15) is 6.42 Å². The minimum Gasteiger partial charge on any atom is -0.497 e. The number of nitro groups is 1. The van der Waals surface area contributed by atoms with Crippen molar-refractivity contribution < 1.29 is 14.5 Å². The quantitative estimate of drug-likeness (QED) is 0.475. The number of nitrogens with zero attached hydrogens (tertiary/aromatic N) is 1. The van der Waals surface area contributed by atoms with Crippen molar-refractivity contribution in [1.82, 2.24) is 0 Å². The van der Waals surface area contributed by atoms with Crippen molar-refractivity contribution in [3.8, 4) is 5.75 Å². The molecule has 1 amide bonds. The van der Waals surface area contributed by atoms with Gasteiger partial charge in [0.2, 0.25) is 5.91 Å². The molecule has 0 fully saturated rings. The van der Waals surface area contributed by atoms with Crippen molar-refractivity contribution in [2.24, 2.45) is 0 Å². The van der Waals surface area contributed by atoms with Gasteiger partial charge in [-0.05, 0) is 24.3 Å². The summed E-state index contributed by atoms with van der Waals surface area (Å²) in [6.45, 7) is 0. The van der Waals surface area contributed by atoms with E-state index in [0.717, 1.165) is 10.6 Å². The second kappa shape index (κ2) is 8.19. The molecule has 0 radical (unpaired) electrons. The molecular weight excluding hydrogens is 316 g/mol. The van der Waals surface area contributed by atoms with E-state index in [2.05, 4.69) is 5.32 Å². The molecule has 0 aromatic heterocycles. The smallest absolute Gasteiger partial charge is 0.292 e. The van der Waals surface area contributed by atoms with E-state index in [0.29, 0.717) is 5.75 Å². The number of carbonyl (C=O) groups is 1. The van der Waals surface area contributed by atoms with E-state index in [1.165, 1.54) is 23.9 Å². The molecule has 1 N–H and O–H groups in total. The summed E-state index contributed by atoms with van der Waals surface area (Å²) in [6, 6.07) is 13.7. The first-order chi connectivity index (χ1) is 11.1. The summed E-state index contributed by atoms with van der Waals surface area (Å²) in [5.41, 5.74) is 0.107. The molecular formula is C16H16N2O4S. The number of methoxy groups -OCH3 is 1. The van der Waals surface area contributed by atoms with E-state index in [1.807, 2.05) is 24.3 Å². The van der Waals surface area contributed by atoms with Gasteiger partial charge in [0.25, 0.3) is 5.69 Å². The van der Waals surface area contributed by atoms with Crippen LogP contribution in [0.4, 0.5) is 11.4 Å². The van der Waals surface area contributed by atoms with Gasteiger partial charge in [-0.3, -0.25) is 14.9 Å². The number of anilines is 1. The minimum atomic E-state index is -0.513. The summed E-state index contributed by atoms with van der Waals surface area (Å²) < 4.78 is 5.14. The largest absolute Gasteiger partial charge is 0.497 e. The van der Waals surface area contributed by atoms with E-state index in [1.54, 1.807) is 19.2 Å². The Bertz CT molecular complexity index is 706. The fourth-order valence-corrected chi connectivity index (χ4v) is 2.80. The Hall–Kier alpha value is -2.54. The molecule has 0 heterocycles. The number of hydrogen-bond donors (Lipinski definition) is 1. The second-order valence-corrected chi connectivity index (χ2v) is 5.77. The SMILES string of the molecule is COc1cccc(SCCC(=O)Nc2ccccc2[N+](=O)[O-])c1. The Kier molecular flexibility index (Phi) is 5.99. The normalized spacial score (nSPS) is 10.1. The van der Waals surface area contributed by atoms with Gasteiger partial charge in [0.05, 0.1) is 12.0 Å². The number of para-hydroxylation sites is 2. The molecule has 2 aromatic rings. The van der Waals surface area contributed by atoms with E-state index in [-0.39, 0.29) is 23.7 Å².